The summed E-state index contributed by atoms with van der Waals surface area (Å²) in [7, 11) is 0. The Kier molecular flexibility index (Phi) is 5.23. The number of aromatic nitrogens is 1. The Labute approximate surface area is 181 Å². The van der Waals surface area contributed by atoms with Gasteiger partial charge in [0.1, 0.15) is 17.4 Å². The maximum absolute atomic E-state index is 13.9. The topological polar surface area (TPSA) is 42.4 Å². The molecule has 158 valence electrons. The van der Waals surface area contributed by atoms with Crippen molar-refractivity contribution >= 4 is 38.8 Å². The largest absolute Gasteiger partial charge is 0.467 e. The van der Waals surface area contributed by atoms with Gasteiger partial charge in [0.2, 0.25) is 5.91 Å². The smallest absolute Gasteiger partial charge is 0.274 e. The highest BCUT2D eigenvalue weighted by Gasteiger charge is 2.46. The lowest BCUT2D eigenvalue weighted by atomic mass is 9.82. The molecule has 2 aliphatic rings. The monoisotopic (exact) mass is 448 g/mol. The fourth-order valence-corrected chi connectivity index (χ4v) is 6.60. The molecule has 0 bridgehead atoms. The Balaban J connectivity index is 1.25. The van der Waals surface area contributed by atoms with Crippen LogP contribution in [-0.4, -0.2) is 35.0 Å². The van der Waals surface area contributed by atoms with Crippen LogP contribution in [0.5, 0.6) is 5.19 Å². The van der Waals surface area contributed by atoms with Crippen LogP contribution in [0.1, 0.15) is 43.4 Å². The molecule has 1 saturated heterocycles. The maximum Gasteiger partial charge on any atom is 0.274 e. The summed E-state index contributed by atoms with van der Waals surface area (Å²) < 4.78 is 33.7. The highest BCUT2D eigenvalue weighted by atomic mass is 32.1. The number of carbonyl (C=O) groups excluding carboxylic acids is 1. The van der Waals surface area contributed by atoms with Gasteiger partial charge in [0.15, 0.2) is 5.82 Å². The third-order valence-corrected chi connectivity index (χ3v) is 8.22. The van der Waals surface area contributed by atoms with Gasteiger partial charge in [0.05, 0.1) is 10.1 Å². The SMILES string of the molecule is O=C(N1CCC(Oc2nc3c(F)cc(F)cc3s2)CC1)C1(c2cccs2)CCCC1. The summed E-state index contributed by atoms with van der Waals surface area (Å²) in [5.74, 6) is -1.04. The molecule has 4 nitrogen and oxygen atoms in total. The van der Waals surface area contributed by atoms with E-state index >= 15 is 0 Å². The zero-order chi connectivity index (χ0) is 20.7. The Morgan fingerprint density at radius 1 is 1.20 bits per heavy atom. The molecule has 0 atom stereocenters. The lowest BCUT2D eigenvalue weighted by Crippen LogP contribution is -2.49. The van der Waals surface area contributed by atoms with Crippen molar-refractivity contribution in [3.8, 4) is 5.19 Å². The molecule has 5 rings (SSSR count). The van der Waals surface area contributed by atoms with E-state index in [0.29, 0.717) is 35.8 Å². The first-order chi connectivity index (χ1) is 14.5. The van der Waals surface area contributed by atoms with Gasteiger partial charge in [-0.15, -0.1) is 11.3 Å². The van der Waals surface area contributed by atoms with E-state index in [2.05, 4.69) is 16.4 Å². The highest BCUT2D eigenvalue weighted by molar-refractivity contribution is 7.20. The van der Waals surface area contributed by atoms with Crippen molar-refractivity contribution in [2.75, 3.05) is 13.1 Å². The molecule has 2 aromatic heterocycles. The Hall–Kier alpha value is -2.06. The predicted octanol–water partition coefficient (Wildman–Crippen LogP) is 5.52. The molecule has 0 unspecified atom stereocenters. The standard InChI is InChI=1S/C22H22F2N2O2S2/c23-14-12-16(24)19-17(13-14)30-21(25-19)28-15-5-9-26(10-6-15)20(27)22(7-1-2-8-22)18-4-3-11-29-18/h3-4,11-13,15H,1-2,5-10H2. The van der Waals surface area contributed by atoms with Crippen molar-refractivity contribution in [2.24, 2.45) is 0 Å². The number of hydrogen-bond acceptors (Lipinski definition) is 5. The minimum atomic E-state index is -0.674. The second-order valence-corrected chi connectivity index (χ2v) is 10.0. The van der Waals surface area contributed by atoms with E-state index in [0.717, 1.165) is 43.1 Å². The molecule has 2 fully saturated rings. The van der Waals surface area contributed by atoms with Crippen molar-refractivity contribution in [3.63, 3.8) is 0 Å². The molecule has 0 N–H and O–H groups in total. The Morgan fingerprint density at radius 2 is 1.97 bits per heavy atom. The summed E-state index contributed by atoms with van der Waals surface area (Å²) >= 11 is 2.83. The van der Waals surface area contributed by atoms with Crippen LogP contribution in [-0.2, 0) is 10.2 Å². The van der Waals surface area contributed by atoms with E-state index in [4.69, 9.17) is 4.74 Å². The van der Waals surface area contributed by atoms with Gasteiger partial charge in [-0.05, 0) is 30.4 Å². The van der Waals surface area contributed by atoms with E-state index in [9.17, 15) is 13.6 Å². The Bertz CT molecular complexity index is 1050. The molecule has 30 heavy (non-hydrogen) atoms. The number of fused-ring (bicyclic) bond motifs is 1. The quantitative estimate of drug-likeness (QED) is 0.528. The first-order valence-electron chi connectivity index (χ1n) is 10.3. The molecule has 1 saturated carbocycles. The summed E-state index contributed by atoms with van der Waals surface area (Å²) in [6, 6.07) is 6.23. The lowest BCUT2D eigenvalue weighted by Gasteiger charge is -2.38. The predicted molar refractivity (Wildman–Crippen MR) is 114 cm³/mol. The molecule has 3 aromatic rings. The molecule has 3 heterocycles. The van der Waals surface area contributed by atoms with Crippen LogP contribution in [0.4, 0.5) is 8.78 Å². The maximum atomic E-state index is 13.9. The molecular weight excluding hydrogens is 426 g/mol. The molecular formula is C22H22F2N2O2S2. The fraction of sp³-hybridized carbons (Fsp3) is 0.455. The van der Waals surface area contributed by atoms with E-state index < -0.39 is 11.6 Å². The number of carbonyl (C=O) groups is 1. The van der Waals surface area contributed by atoms with Crippen LogP contribution in [0.15, 0.2) is 29.6 Å². The van der Waals surface area contributed by atoms with Gasteiger partial charge >= 0.3 is 0 Å². The summed E-state index contributed by atoms with van der Waals surface area (Å²) in [5.41, 5.74) is -0.209. The first-order valence-corrected chi connectivity index (χ1v) is 12.0. The van der Waals surface area contributed by atoms with Gasteiger partial charge in [0.25, 0.3) is 5.19 Å². The average molecular weight is 449 g/mol. The number of amides is 1. The third-order valence-electron chi connectivity index (χ3n) is 6.25. The minimum Gasteiger partial charge on any atom is -0.467 e. The van der Waals surface area contributed by atoms with Crippen LogP contribution in [0.25, 0.3) is 10.2 Å². The number of ether oxygens (including phenoxy) is 1. The number of likely N-dealkylation sites (tertiary alicyclic amines) is 1. The van der Waals surface area contributed by atoms with E-state index in [1.54, 1.807) is 11.3 Å². The van der Waals surface area contributed by atoms with Gasteiger partial charge in [0, 0.05) is 36.9 Å². The van der Waals surface area contributed by atoms with Crippen molar-refractivity contribution in [2.45, 2.75) is 50.0 Å². The van der Waals surface area contributed by atoms with Crippen molar-refractivity contribution in [1.29, 1.82) is 0 Å². The van der Waals surface area contributed by atoms with Crippen molar-refractivity contribution < 1.29 is 18.3 Å². The molecule has 1 amide bonds. The molecule has 1 aliphatic carbocycles. The van der Waals surface area contributed by atoms with Crippen LogP contribution >= 0.6 is 22.7 Å². The van der Waals surface area contributed by atoms with Crippen LogP contribution in [0, 0.1) is 11.6 Å². The van der Waals surface area contributed by atoms with Crippen LogP contribution in [0.2, 0.25) is 0 Å². The number of nitrogens with zero attached hydrogens (tertiary/aromatic N) is 2. The number of rotatable bonds is 4. The number of thiophene rings is 1. The van der Waals surface area contributed by atoms with Gasteiger partial charge in [-0.25, -0.2) is 8.78 Å². The van der Waals surface area contributed by atoms with Gasteiger partial charge < -0.3 is 9.64 Å². The van der Waals surface area contributed by atoms with Gasteiger partial charge in [-0.2, -0.15) is 4.98 Å². The summed E-state index contributed by atoms with van der Waals surface area (Å²) in [4.78, 5) is 20.8. The van der Waals surface area contributed by atoms with Crippen LogP contribution < -0.4 is 4.74 Å². The molecule has 1 aromatic carbocycles. The van der Waals surface area contributed by atoms with Gasteiger partial charge in [-0.1, -0.05) is 30.2 Å². The van der Waals surface area contributed by atoms with Gasteiger partial charge in [-0.3, -0.25) is 4.79 Å². The molecule has 0 spiro atoms. The zero-order valence-electron chi connectivity index (χ0n) is 16.4. The second kappa shape index (κ2) is 7.89. The highest BCUT2D eigenvalue weighted by Crippen LogP contribution is 2.45. The van der Waals surface area contributed by atoms with E-state index in [-0.39, 0.29) is 22.9 Å². The lowest BCUT2D eigenvalue weighted by molar-refractivity contribution is -0.139. The number of halogens is 2. The fourth-order valence-electron chi connectivity index (χ4n) is 4.70. The zero-order valence-corrected chi connectivity index (χ0v) is 18.0. The third kappa shape index (κ3) is 3.50. The molecule has 0 radical (unpaired) electrons. The number of hydrogen-bond donors (Lipinski definition) is 0. The summed E-state index contributed by atoms with van der Waals surface area (Å²) in [6.07, 6.45) is 5.38. The van der Waals surface area contributed by atoms with Crippen LogP contribution in [0.3, 0.4) is 0 Å². The number of thiazole rings is 1. The minimum absolute atomic E-state index is 0.0798. The molecule has 8 heteroatoms. The second-order valence-electron chi connectivity index (χ2n) is 8.09. The number of benzene rings is 1. The van der Waals surface area contributed by atoms with E-state index in [1.807, 2.05) is 11.0 Å². The summed E-state index contributed by atoms with van der Waals surface area (Å²) in [6.45, 7) is 1.29. The average Bonchev–Trinajstić information content (AvgIpc) is 3.48. The molecule has 1 aliphatic heterocycles. The van der Waals surface area contributed by atoms with Crippen molar-refractivity contribution in [3.05, 3.63) is 46.2 Å². The Morgan fingerprint density at radius 3 is 2.67 bits per heavy atom. The number of piperidine rings is 1. The summed E-state index contributed by atoms with van der Waals surface area (Å²) in [5, 5.41) is 2.40. The van der Waals surface area contributed by atoms with E-state index in [1.165, 1.54) is 10.9 Å². The van der Waals surface area contributed by atoms with Crippen molar-refractivity contribution in [1.82, 2.24) is 9.88 Å². The first kappa shape index (κ1) is 19.9. The normalized spacial score (nSPS) is 19.5.